The maximum Gasteiger partial charge on any atom is 0.513 e. The summed E-state index contributed by atoms with van der Waals surface area (Å²) < 4.78 is 54.6. The SMILES string of the molecule is CCc1nc2cc(C)c(Oc3ncc(C(F)(F)F)cc3Cl)c(C)c2c(OC(=O)OC)c1C. The van der Waals surface area contributed by atoms with E-state index in [1.165, 1.54) is 7.11 Å². The summed E-state index contributed by atoms with van der Waals surface area (Å²) in [5.41, 5.74) is 2.19. The molecular formula is C22H20ClF3N2O4. The van der Waals surface area contributed by atoms with Crippen molar-refractivity contribution in [3.63, 3.8) is 0 Å². The molecule has 6 nitrogen and oxygen atoms in total. The van der Waals surface area contributed by atoms with Gasteiger partial charge in [-0.3, -0.25) is 4.98 Å². The zero-order valence-corrected chi connectivity index (χ0v) is 18.7. The molecule has 0 saturated heterocycles. The first-order valence-electron chi connectivity index (χ1n) is 9.57. The van der Waals surface area contributed by atoms with Gasteiger partial charge in [0.1, 0.15) is 16.5 Å². The number of carbonyl (C=O) groups is 1. The predicted molar refractivity (Wildman–Crippen MR) is 113 cm³/mol. The van der Waals surface area contributed by atoms with Crippen LogP contribution >= 0.6 is 11.6 Å². The number of rotatable bonds is 4. The molecule has 0 unspecified atom stereocenters. The number of hydrogen-bond donors (Lipinski definition) is 0. The van der Waals surface area contributed by atoms with E-state index in [-0.39, 0.29) is 16.7 Å². The van der Waals surface area contributed by atoms with E-state index < -0.39 is 17.9 Å². The molecule has 0 bridgehead atoms. The van der Waals surface area contributed by atoms with Crippen LogP contribution in [0.4, 0.5) is 18.0 Å². The number of pyridine rings is 2. The number of ether oxygens (including phenoxy) is 3. The monoisotopic (exact) mass is 468 g/mol. The minimum absolute atomic E-state index is 0.185. The molecule has 2 heterocycles. The first kappa shape index (κ1) is 23.6. The molecule has 2 aromatic heterocycles. The molecule has 170 valence electrons. The highest BCUT2D eigenvalue weighted by molar-refractivity contribution is 6.31. The number of benzene rings is 1. The van der Waals surface area contributed by atoms with E-state index in [1.807, 2.05) is 6.92 Å². The van der Waals surface area contributed by atoms with Crippen molar-refractivity contribution < 1.29 is 32.2 Å². The van der Waals surface area contributed by atoms with Crippen LogP contribution in [0, 0.1) is 20.8 Å². The molecule has 0 aliphatic carbocycles. The lowest BCUT2D eigenvalue weighted by molar-refractivity contribution is -0.137. The van der Waals surface area contributed by atoms with E-state index in [0.717, 1.165) is 11.8 Å². The molecule has 10 heteroatoms. The summed E-state index contributed by atoms with van der Waals surface area (Å²) in [6.07, 6.45) is -4.21. The van der Waals surface area contributed by atoms with Gasteiger partial charge in [-0.2, -0.15) is 13.2 Å². The highest BCUT2D eigenvalue weighted by Crippen LogP contribution is 2.42. The number of carbonyl (C=O) groups excluding carboxylic acids is 1. The Morgan fingerprint density at radius 1 is 1.12 bits per heavy atom. The van der Waals surface area contributed by atoms with Gasteiger partial charge in [0, 0.05) is 23.0 Å². The topological polar surface area (TPSA) is 70.5 Å². The van der Waals surface area contributed by atoms with Crippen molar-refractivity contribution in [1.29, 1.82) is 0 Å². The minimum atomic E-state index is -4.58. The van der Waals surface area contributed by atoms with E-state index in [4.69, 9.17) is 21.1 Å². The third-order valence-corrected chi connectivity index (χ3v) is 5.23. The van der Waals surface area contributed by atoms with E-state index >= 15 is 0 Å². The second-order valence-electron chi connectivity index (χ2n) is 7.07. The molecular weight excluding hydrogens is 449 g/mol. The molecule has 0 aliphatic heterocycles. The van der Waals surface area contributed by atoms with Crippen LogP contribution in [0.3, 0.4) is 0 Å². The molecule has 0 N–H and O–H groups in total. The van der Waals surface area contributed by atoms with Gasteiger partial charge in [-0.1, -0.05) is 18.5 Å². The average Bonchev–Trinajstić information content (AvgIpc) is 2.72. The lowest BCUT2D eigenvalue weighted by Gasteiger charge is -2.19. The fourth-order valence-electron chi connectivity index (χ4n) is 3.37. The van der Waals surface area contributed by atoms with Gasteiger partial charge in [-0.05, 0) is 44.9 Å². The summed E-state index contributed by atoms with van der Waals surface area (Å²) in [7, 11) is 1.20. The van der Waals surface area contributed by atoms with Crippen molar-refractivity contribution in [1.82, 2.24) is 9.97 Å². The molecule has 0 radical (unpaired) electrons. The number of halogens is 4. The molecule has 0 atom stereocenters. The molecule has 0 saturated carbocycles. The maximum absolute atomic E-state index is 12.9. The smallest absolute Gasteiger partial charge is 0.437 e. The second kappa shape index (κ2) is 8.82. The van der Waals surface area contributed by atoms with E-state index in [1.54, 1.807) is 26.8 Å². The summed E-state index contributed by atoms with van der Waals surface area (Å²) in [5, 5.41) is 0.217. The Bertz CT molecular complexity index is 1210. The van der Waals surface area contributed by atoms with Crippen molar-refractivity contribution in [3.05, 3.63) is 51.3 Å². The normalized spacial score (nSPS) is 11.5. The molecule has 3 rings (SSSR count). The quantitative estimate of drug-likeness (QED) is 0.395. The van der Waals surface area contributed by atoms with Gasteiger partial charge in [-0.25, -0.2) is 9.78 Å². The van der Waals surface area contributed by atoms with Gasteiger partial charge in [0.2, 0.25) is 5.88 Å². The van der Waals surface area contributed by atoms with Crippen molar-refractivity contribution >= 4 is 28.7 Å². The zero-order valence-electron chi connectivity index (χ0n) is 18.0. The fraction of sp³-hybridized carbons (Fsp3) is 0.318. The van der Waals surface area contributed by atoms with Crippen LogP contribution in [0.1, 0.15) is 34.9 Å². The highest BCUT2D eigenvalue weighted by Gasteiger charge is 2.32. The Kier molecular flexibility index (Phi) is 6.50. The number of aromatic nitrogens is 2. The van der Waals surface area contributed by atoms with E-state index in [0.29, 0.717) is 46.0 Å². The Morgan fingerprint density at radius 3 is 2.38 bits per heavy atom. The van der Waals surface area contributed by atoms with Crippen LogP contribution < -0.4 is 9.47 Å². The van der Waals surface area contributed by atoms with Crippen LogP contribution in [-0.4, -0.2) is 23.2 Å². The highest BCUT2D eigenvalue weighted by atomic mass is 35.5. The van der Waals surface area contributed by atoms with Crippen LogP contribution in [0.25, 0.3) is 10.9 Å². The number of aryl methyl sites for hydroxylation is 3. The van der Waals surface area contributed by atoms with Crippen LogP contribution in [0.5, 0.6) is 17.4 Å². The standard InChI is InChI=1S/C22H20ClF3N2O4/c1-6-15-11(3)19(32-21(29)30-5)17-12(4)18(10(2)7-16(17)28-15)31-20-14(23)8-13(9-27-20)22(24,25)26/h7-9H,6H2,1-5H3. The van der Waals surface area contributed by atoms with Crippen molar-refractivity contribution in [3.8, 4) is 17.4 Å². The van der Waals surface area contributed by atoms with Gasteiger partial charge in [0.05, 0.1) is 23.6 Å². The summed E-state index contributed by atoms with van der Waals surface area (Å²) in [6, 6.07) is 2.49. The Labute approximate surface area is 187 Å². The third kappa shape index (κ3) is 4.43. The lowest BCUT2D eigenvalue weighted by atomic mass is 10.00. The molecule has 32 heavy (non-hydrogen) atoms. The second-order valence-corrected chi connectivity index (χ2v) is 7.48. The lowest BCUT2D eigenvalue weighted by Crippen LogP contribution is -2.11. The molecule has 0 aliphatic rings. The number of alkyl halides is 3. The van der Waals surface area contributed by atoms with Crippen LogP contribution in [0.15, 0.2) is 18.3 Å². The van der Waals surface area contributed by atoms with Gasteiger partial charge in [0.15, 0.2) is 0 Å². The average molecular weight is 469 g/mol. The molecule has 3 aromatic rings. The molecule has 0 amide bonds. The first-order chi connectivity index (χ1) is 15.0. The van der Waals surface area contributed by atoms with Gasteiger partial charge >= 0.3 is 12.3 Å². The number of fused-ring (bicyclic) bond motifs is 1. The Balaban J connectivity index is 2.19. The molecule has 0 fully saturated rings. The number of methoxy groups -OCH3 is 1. The summed E-state index contributed by atoms with van der Waals surface area (Å²) in [5.74, 6) is 0.398. The van der Waals surface area contributed by atoms with Gasteiger partial charge in [-0.15, -0.1) is 0 Å². The summed E-state index contributed by atoms with van der Waals surface area (Å²) in [4.78, 5) is 20.3. The predicted octanol–water partition coefficient (Wildman–Crippen LogP) is 6.73. The molecule has 0 spiro atoms. The minimum Gasteiger partial charge on any atom is -0.437 e. The van der Waals surface area contributed by atoms with Crippen molar-refractivity contribution in [2.45, 2.75) is 40.3 Å². The van der Waals surface area contributed by atoms with E-state index in [9.17, 15) is 18.0 Å². The largest absolute Gasteiger partial charge is 0.513 e. The van der Waals surface area contributed by atoms with Crippen molar-refractivity contribution in [2.24, 2.45) is 0 Å². The Morgan fingerprint density at radius 2 is 1.81 bits per heavy atom. The zero-order chi connectivity index (χ0) is 23.8. The van der Waals surface area contributed by atoms with Crippen LogP contribution in [-0.2, 0) is 17.3 Å². The third-order valence-electron chi connectivity index (χ3n) is 4.96. The molecule has 1 aromatic carbocycles. The van der Waals surface area contributed by atoms with E-state index in [2.05, 4.69) is 14.7 Å². The van der Waals surface area contributed by atoms with Gasteiger partial charge in [0.25, 0.3) is 0 Å². The van der Waals surface area contributed by atoms with Crippen molar-refractivity contribution in [2.75, 3.05) is 7.11 Å². The van der Waals surface area contributed by atoms with Crippen LogP contribution in [0.2, 0.25) is 5.02 Å². The fourth-order valence-corrected chi connectivity index (χ4v) is 3.58. The summed E-state index contributed by atoms with van der Waals surface area (Å²) in [6.45, 7) is 7.18. The maximum atomic E-state index is 12.9. The van der Waals surface area contributed by atoms with Gasteiger partial charge < -0.3 is 14.2 Å². The first-order valence-corrected chi connectivity index (χ1v) is 9.95. The summed E-state index contributed by atoms with van der Waals surface area (Å²) >= 11 is 6.01. The number of nitrogens with zero attached hydrogens (tertiary/aromatic N) is 2. The number of hydrogen-bond acceptors (Lipinski definition) is 6. The Hall–Kier alpha value is -3.07.